The van der Waals surface area contributed by atoms with Crippen molar-refractivity contribution in [2.24, 2.45) is 11.8 Å². The number of hydrogen-bond donors (Lipinski definition) is 1. The van der Waals surface area contributed by atoms with Gasteiger partial charge in [0.25, 0.3) is 0 Å². The average Bonchev–Trinajstić information content (AvgIpc) is 3.19. The summed E-state index contributed by atoms with van der Waals surface area (Å²) in [6, 6.07) is 9.03. The van der Waals surface area contributed by atoms with Crippen LogP contribution < -0.4 is 10.1 Å². The van der Waals surface area contributed by atoms with Crippen molar-refractivity contribution in [1.29, 1.82) is 0 Å². The Morgan fingerprint density at radius 2 is 2.00 bits per heavy atom. The fourth-order valence-electron chi connectivity index (χ4n) is 2.37. The number of ether oxygens (including phenoxy) is 1. The van der Waals surface area contributed by atoms with E-state index in [0.717, 1.165) is 12.3 Å². The Morgan fingerprint density at radius 3 is 2.58 bits per heavy atom. The van der Waals surface area contributed by atoms with Gasteiger partial charge in [0.1, 0.15) is 5.75 Å². The van der Waals surface area contributed by atoms with E-state index in [1.165, 1.54) is 18.4 Å². The first-order valence-electron chi connectivity index (χ1n) is 7.61. The molecule has 2 atom stereocenters. The van der Waals surface area contributed by atoms with Gasteiger partial charge in [0.05, 0.1) is 6.10 Å². The lowest BCUT2D eigenvalue weighted by Gasteiger charge is -2.28. The highest BCUT2D eigenvalue weighted by molar-refractivity contribution is 5.31. The Hall–Kier alpha value is -1.02. The second-order valence-corrected chi connectivity index (χ2v) is 6.03. The maximum Gasteiger partial charge on any atom is 0.120 e. The van der Waals surface area contributed by atoms with Crippen molar-refractivity contribution in [2.45, 2.75) is 52.7 Å². The molecule has 0 heterocycles. The molecule has 2 rings (SSSR count). The van der Waals surface area contributed by atoms with E-state index in [4.69, 9.17) is 4.74 Å². The zero-order valence-electron chi connectivity index (χ0n) is 12.6. The van der Waals surface area contributed by atoms with Crippen LogP contribution in [0.2, 0.25) is 0 Å². The highest BCUT2D eigenvalue weighted by atomic mass is 16.5. The third-order valence-electron chi connectivity index (χ3n) is 4.05. The lowest BCUT2D eigenvalue weighted by atomic mass is 9.86. The molecule has 0 aliphatic heterocycles. The van der Waals surface area contributed by atoms with Gasteiger partial charge in [0.15, 0.2) is 0 Å². The third-order valence-corrected chi connectivity index (χ3v) is 4.05. The highest BCUT2D eigenvalue weighted by Gasteiger charge is 2.25. The molecule has 0 amide bonds. The summed E-state index contributed by atoms with van der Waals surface area (Å²) in [5.74, 6) is 2.30. The molecule has 1 aromatic carbocycles. The van der Waals surface area contributed by atoms with Crippen LogP contribution >= 0.6 is 0 Å². The summed E-state index contributed by atoms with van der Waals surface area (Å²) >= 11 is 0. The molecule has 19 heavy (non-hydrogen) atoms. The Bertz CT molecular complexity index is 398. The standard InChI is InChI=1S/C17H27NO/c1-5-18-17(13(4)12(2)3)14-7-6-8-16(11-14)19-15-9-10-15/h6-8,11-13,15,17-18H,5,9-10H2,1-4H3. The summed E-state index contributed by atoms with van der Waals surface area (Å²) < 4.78 is 5.91. The monoisotopic (exact) mass is 261 g/mol. The quantitative estimate of drug-likeness (QED) is 0.795. The lowest BCUT2D eigenvalue weighted by molar-refractivity contribution is 0.294. The van der Waals surface area contributed by atoms with Crippen LogP contribution in [0.3, 0.4) is 0 Å². The molecule has 1 fully saturated rings. The largest absolute Gasteiger partial charge is 0.490 e. The van der Waals surface area contributed by atoms with E-state index >= 15 is 0 Å². The Balaban J connectivity index is 2.14. The van der Waals surface area contributed by atoms with Gasteiger partial charge in [-0.2, -0.15) is 0 Å². The zero-order valence-corrected chi connectivity index (χ0v) is 12.6. The van der Waals surface area contributed by atoms with Crippen molar-refractivity contribution in [3.05, 3.63) is 29.8 Å². The van der Waals surface area contributed by atoms with Gasteiger partial charge in [0, 0.05) is 6.04 Å². The molecule has 1 N–H and O–H groups in total. The van der Waals surface area contributed by atoms with Crippen LogP contribution in [-0.4, -0.2) is 12.6 Å². The predicted molar refractivity (Wildman–Crippen MR) is 80.5 cm³/mol. The minimum atomic E-state index is 0.410. The summed E-state index contributed by atoms with van der Waals surface area (Å²) in [6.07, 6.45) is 2.89. The first-order chi connectivity index (χ1) is 9.11. The molecule has 1 aromatic rings. The van der Waals surface area contributed by atoms with Crippen LogP contribution in [0.5, 0.6) is 5.75 Å². The maximum absolute atomic E-state index is 5.91. The van der Waals surface area contributed by atoms with Crippen molar-refractivity contribution in [3.8, 4) is 5.75 Å². The molecular formula is C17H27NO. The molecule has 2 unspecified atom stereocenters. The number of nitrogens with one attached hydrogen (secondary N) is 1. The molecule has 2 heteroatoms. The van der Waals surface area contributed by atoms with Crippen molar-refractivity contribution < 1.29 is 4.74 Å². The van der Waals surface area contributed by atoms with E-state index < -0.39 is 0 Å². The van der Waals surface area contributed by atoms with E-state index in [1.807, 2.05) is 0 Å². The Morgan fingerprint density at radius 1 is 1.26 bits per heavy atom. The Labute approximate surface area is 117 Å². The SMILES string of the molecule is CCNC(c1cccc(OC2CC2)c1)C(C)C(C)C. The predicted octanol–water partition coefficient (Wildman–Crippen LogP) is 4.17. The average molecular weight is 261 g/mol. The molecular weight excluding hydrogens is 234 g/mol. The number of benzene rings is 1. The second kappa shape index (κ2) is 6.42. The first-order valence-corrected chi connectivity index (χ1v) is 7.61. The van der Waals surface area contributed by atoms with Gasteiger partial charge in [-0.25, -0.2) is 0 Å². The summed E-state index contributed by atoms with van der Waals surface area (Å²) in [4.78, 5) is 0. The van der Waals surface area contributed by atoms with Gasteiger partial charge < -0.3 is 10.1 Å². The Kier molecular flexibility index (Phi) is 4.87. The van der Waals surface area contributed by atoms with Crippen LogP contribution in [0, 0.1) is 11.8 Å². The fourth-order valence-corrected chi connectivity index (χ4v) is 2.37. The molecule has 0 saturated heterocycles. The minimum absolute atomic E-state index is 0.410. The van der Waals surface area contributed by atoms with Gasteiger partial charge in [0.2, 0.25) is 0 Å². The molecule has 2 nitrogen and oxygen atoms in total. The summed E-state index contributed by atoms with van der Waals surface area (Å²) in [5, 5.41) is 3.62. The first kappa shape index (κ1) is 14.4. The zero-order chi connectivity index (χ0) is 13.8. The summed E-state index contributed by atoms with van der Waals surface area (Å²) in [7, 11) is 0. The van der Waals surface area contributed by atoms with Crippen molar-refractivity contribution in [1.82, 2.24) is 5.32 Å². The molecule has 1 saturated carbocycles. The summed E-state index contributed by atoms with van der Waals surface area (Å²) in [6.45, 7) is 10.1. The highest BCUT2D eigenvalue weighted by Crippen LogP contribution is 2.32. The van der Waals surface area contributed by atoms with Gasteiger partial charge in [-0.15, -0.1) is 0 Å². The molecule has 106 valence electrons. The molecule has 0 radical (unpaired) electrons. The maximum atomic E-state index is 5.91. The van der Waals surface area contributed by atoms with E-state index in [1.54, 1.807) is 0 Å². The van der Waals surface area contributed by atoms with Gasteiger partial charge >= 0.3 is 0 Å². The van der Waals surface area contributed by atoms with E-state index in [0.29, 0.717) is 24.0 Å². The fraction of sp³-hybridized carbons (Fsp3) is 0.647. The van der Waals surface area contributed by atoms with Gasteiger partial charge in [-0.1, -0.05) is 39.8 Å². The van der Waals surface area contributed by atoms with Crippen molar-refractivity contribution in [3.63, 3.8) is 0 Å². The number of hydrogen-bond acceptors (Lipinski definition) is 2. The van der Waals surface area contributed by atoms with Crippen molar-refractivity contribution >= 4 is 0 Å². The lowest BCUT2D eigenvalue weighted by Crippen LogP contribution is -2.29. The molecule has 0 spiro atoms. The topological polar surface area (TPSA) is 21.3 Å². The van der Waals surface area contributed by atoms with Crippen LogP contribution in [0.1, 0.15) is 52.1 Å². The molecule has 0 bridgehead atoms. The van der Waals surface area contributed by atoms with E-state index in [-0.39, 0.29) is 0 Å². The van der Waals surface area contributed by atoms with E-state index in [9.17, 15) is 0 Å². The third kappa shape index (κ3) is 3.97. The second-order valence-electron chi connectivity index (χ2n) is 6.03. The van der Waals surface area contributed by atoms with Crippen LogP contribution in [0.25, 0.3) is 0 Å². The smallest absolute Gasteiger partial charge is 0.120 e. The molecule has 1 aliphatic rings. The molecule has 0 aromatic heterocycles. The normalized spacial score (nSPS) is 18.4. The van der Waals surface area contributed by atoms with E-state index in [2.05, 4.69) is 57.3 Å². The van der Waals surface area contributed by atoms with Crippen LogP contribution in [0.4, 0.5) is 0 Å². The van der Waals surface area contributed by atoms with Gasteiger partial charge in [-0.05, 0) is 48.9 Å². The van der Waals surface area contributed by atoms with Gasteiger partial charge in [-0.3, -0.25) is 0 Å². The van der Waals surface area contributed by atoms with Crippen molar-refractivity contribution in [2.75, 3.05) is 6.54 Å². The minimum Gasteiger partial charge on any atom is -0.490 e. The van der Waals surface area contributed by atoms with Crippen LogP contribution in [0.15, 0.2) is 24.3 Å². The molecule has 1 aliphatic carbocycles. The van der Waals surface area contributed by atoms with Crippen LogP contribution in [-0.2, 0) is 0 Å². The number of rotatable bonds is 7. The summed E-state index contributed by atoms with van der Waals surface area (Å²) in [5.41, 5.74) is 1.35.